The van der Waals surface area contributed by atoms with Gasteiger partial charge in [-0.2, -0.15) is 8.42 Å². The van der Waals surface area contributed by atoms with Gasteiger partial charge in [-0.05, 0) is 30.7 Å². The summed E-state index contributed by atoms with van der Waals surface area (Å²) in [4.78, 5) is 17.4. The van der Waals surface area contributed by atoms with Gasteiger partial charge in [-0.1, -0.05) is 35.9 Å². The van der Waals surface area contributed by atoms with Crippen molar-refractivity contribution in [3.8, 4) is 5.75 Å². The molecule has 32 heavy (non-hydrogen) atoms. The summed E-state index contributed by atoms with van der Waals surface area (Å²) >= 11 is 0. The average Bonchev–Trinajstić information content (AvgIpc) is 3.11. The Kier molecular flexibility index (Phi) is 4.98. The molecule has 1 aromatic heterocycles. The molecule has 0 saturated carbocycles. The van der Waals surface area contributed by atoms with Crippen LogP contribution in [-0.4, -0.2) is 27.3 Å². The molecule has 8 heteroatoms. The Morgan fingerprint density at radius 1 is 1.09 bits per heavy atom. The van der Waals surface area contributed by atoms with Crippen LogP contribution >= 0.6 is 0 Å². The maximum absolute atomic E-state index is 12.9. The number of hydrogen-bond donors (Lipinski definition) is 0. The SMILES string of the molecule is Cc1ccc(S(=O)(=O)Oc2c(CC34COCCC3=Nc3ccccc34)occc2=O)cc1. The molecule has 0 bridgehead atoms. The van der Waals surface area contributed by atoms with Crippen LogP contribution in [0.3, 0.4) is 0 Å². The number of nitrogens with zero attached hydrogens (tertiary/aromatic N) is 1. The Hall–Kier alpha value is -3.23. The molecular formula is C24H21NO6S. The van der Waals surface area contributed by atoms with Crippen LogP contribution in [0.1, 0.15) is 23.3 Å². The highest BCUT2D eigenvalue weighted by Gasteiger charge is 2.47. The highest BCUT2D eigenvalue weighted by atomic mass is 32.2. The minimum atomic E-state index is -4.22. The molecule has 2 aliphatic heterocycles. The van der Waals surface area contributed by atoms with Crippen LogP contribution in [0.2, 0.25) is 0 Å². The van der Waals surface area contributed by atoms with E-state index in [4.69, 9.17) is 18.3 Å². The van der Waals surface area contributed by atoms with Gasteiger partial charge in [0.15, 0.2) is 5.76 Å². The van der Waals surface area contributed by atoms with E-state index in [9.17, 15) is 13.2 Å². The van der Waals surface area contributed by atoms with Crippen LogP contribution in [0.25, 0.3) is 0 Å². The molecule has 1 fully saturated rings. The maximum atomic E-state index is 12.9. The predicted octanol–water partition coefficient (Wildman–Crippen LogP) is 3.70. The molecule has 2 aliphatic rings. The number of hydrogen-bond acceptors (Lipinski definition) is 7. The highest BCUT2D eigenvalue weighted by Crippen LogP contribution is 2.46. The molecule has 3 heterocycles. The standard InChI is InChI=1S/C24H21NO6S/c1-16-6-8-17(9-7-16)32(27,28)31-23-20(26)10-13-30-21(23)14-24-15-29-12-11-22(24)25-19-5-3-2-4-18(19)24/h2-10,13H,11-12,14-15H2,1H3. The summed E-state index contributed by atoms with van der Waals surface area (Å²) in [7, 11) is -4.22. The van der Waals surface area contributed by atoms with Crippen molar-refractivity contribution in [2.24, 2.45) is 4.99 Å². The third-order valence-electron chi connectivity index (χ3n) is 5.93. The second-order valence-corrected chi connectivity index (χ2v) is 9.57. The number of para-hydroxylation sites is 1. The summed E-state index contributed by atoms with van der Waals surface area (Å²) in [5, 5.41) is 0. The van der Waals surface area contributed by atoms with E-state index in [1.807, 2.05) is 31.2 Å². The van der Waals surface area contributed by atoms with Crippen LogP contribution in [0, 0.1) is 6.92 Å². The van der Waals surface area contributed by atoms with Gasteiger partial charge in [-0.15, -0.1) is 0 Å². The van der Waals surface area contributed by atoms with Gasteiger partial charge >= 0.3 is 10.1 Å². The Bertz CT molecular complexity index is 1370. The van der Waals surface area contributed by atoms with Gasteiger partial charge in [0.25, 0.3) is 0 Å². The van der Waals surface area contributed by atoms with Crippen molar-refractivity contribution in [3.63, 3.8) is 0 Å². The zero-order chi connectivity index (χ0) is 22.3. The highest BCUT2D eigenvalue weighted by molar-refractivity contribution is 7.87. The Balaban J connectivity index is 1.56. The first-order valence-corrected chi connectivity index (χ1v) is 11.7. The van der Waals surface area contributed by atoms with E-state index in [-0.39, 0.29) is 22.8 Å². The smallest absolute Gasteiger partial charge is 0.339 e. The lowest BCUT2D eigenvalue weighted by Crippen LogP contribution is -2.44. The summed E-state index contributed by atoms with van der Waals surface area (Å²) in [5.74, 6) is -0.195. The van der Waals surface area contributed by atoms with Crippen molar-refractivity contribution in [1.29, 1.82) is 0 Å². The maximum Gasteiger partial charge on any atom is 0.339 e. The second kappa shape index (κ2) is 7.72. The third kappa shape index (κ3) is 3.45. The monoisotopic (exact) mass is 451 g/mol. The van der Waals surface area contributed by atoms with Gasteiger partial charge in [0.2, 0.25) is 11.2 Å². The molecule has 0 radical (unpaired) electrons. The number of ether oxygens (including phenoxy) is 1. The van der Waals surface area contributed by atoms with E-state index < -0.39 is 21.0 Å². The molecule has 1 unspecified atom stereocenters. The van der Waals surface area contributed by atoms with E-state index >= 15 is 0 Å². The van der Waals surface area contributed by atoms with E-state index in [1.54, 1.807) is 12.1 Å². The summed E-state index contributed by atoms with van der Waals surface area (Å²) in [6, 6.07) is 15.1. The molecule has 164 valence electrons. The minimum Gasteiger partial charge on any atom is -0.465 e. The minimum absolute atomic E-state index is 0.0371. The van der Waals surface area contributed by atoms with Crippen LogP contribution in [-0.2, 0) is 26.7 Å². The Morgan fingerprint density at radius 3 is 2.69 bits per heavy atom. The molecule has 0 aliphatic carbocycles. The summed E-state index contributed by atoms with van der Waals surface area (Å²) < 4.78 is 42.6. The third-order valence-corrected chi connectivity index (χ3v) is 7.17. The summed E-state index contributed by atoms with van der Waals surface area (Å²) in [6.07, 6.45) is 2.09. The van der Waals surface area contributed by atoms with E-state index in [0.29, 0.717) is 19.6 Å². The first-order chi connectivity index (χ1) is 15.4. The molecule has 2 aromatic carbocycles. The number of aliphatic imine (C=N–C) groups is 1. The fraction of sp³-hybridized carbons (Fsp3) is 0.250. The summed E-state index contributed by atoms with van der Waals surface area (Å²) in [5.41, 5.74) is 2.45. The van der Waals surface area contributed by atoms with Gasteiger partial charge in [0.1, 0.15) is 4.90 Å². The molecule has 1 saturated heterocycles. The fourth-order valence-corrected chi connectivity index (χ4v) is 5.25. The molecule has 0 spiro atoms. The van der Waals surface area contributed by atoms with E-state index in [2.05, 4.69) is 0 Å². The molecule has 0 N–H and O–H groups in total. The van der Waals surface area contributed by atoms with Crippen molar-refractivity contribution in [2.45, 2.75) is 30.1 Å². The largest absolute Gasteiger partial charge is 0.465 e. The number of rotatable bonds is 5. The average molecular weight is 452 g/mol. The number of fused-ring (bicyclic) bond motifs is 3. The second-order valence-electron chi connectivity index (χ2n) is 8.02. The lowest BCUT2D eigenvalue weighted by Gasteiger charge is -2.35. The van der Waals surface area contributed by atoms with Gasteiger partial charge in [-0.25, -0.2) is 0 Å². The predicted molar refractivity (Wildman–Crippen MR) is 118 cm³/mol. The summed E-state index contributed by atoms with van der Waals surface area (Å²) in [6.45, 7) is 2.76. The molecule has 3 aromatic rings. The molecule has 7 nitrogen and oxygen atoms in total. The van der Waals surface area contributed by atoms with Gasteiger partial charge < -0.3 is 13.3 Å². The van der Waals surface area contributed by atoms with Crippen LogP contribution in [0.15, 0.2) is 80.0 Å². The van der Waals surface area contributed by atoms with Crippen LogP contribution < -0.4 is 9.61 Å². The first-order valence-electron chi connectivity index (χ1n) is 10.3. The first kappa shape index (κ1) is 20.7. The number of aryl methyl sites for hydroxylation is 1. The van der Waals surface area contributed by atoms with Crippen molar-refractivity contribution < 1.29 is 21.8 Å². The number of benzene rings is 2. The quantitative estimate of drug-likeness (QED) is 0.549. The lowest BCUT2D eigenvalue weighted by molar-refractivity contribution is 0.0897. The van der Waals surface area contributed by atoms with E-state index in [0.717, 1.165) is 28.6 Å². The zero-order valence-corrected chi connectivity index (χ0v) is 18.2. The Morgan fingerprint density at radius 2 is 1.88 bits per heavy atom. The Labute approximate surface area is 185 Å². The van der Waals surface area contributed by atoms with Crippen molar-refractivity contribution in [3.05, 3.63) is 88.0 Å². The van der Waals surface area contributed by atoms with Crippen molar-refractivity contribution >= 4 is 21.5 Å². The van der Waals surface area contributed by atoms with Crippen molar-refractivity contribution in [1.82, 2.24) is 0 Å². The molecular weight excluding hydrogens is 430 g/mol. The zero-order valence-electron chi connectivity index (χ0n) is 17.4. The van der Waals surface area contributed by atoms with E-state index in [1.165, 1.54) is 18.4 Å². The van der Waals surface area contributed by atoms with Gasteiger partial charge in [0, 0.05) is 24.6 Å². The molecule has 1 atom stereocenters. The van der Waals surface area contributed by atoms with Gasteiger partial charge in [-0.3, -0.25) is 9.79 Å². The molecule has 0 amide bonds. The fourth-order valence-electron chi connectivity index (χ4n) is 4.29. The normalized spacial score (nSPS) is 19.7. The lowest BCUT2D eigenvalue weighted by atomic mass is 9.73. The van der Waals surface area contributed by atoms with Crippen LogP contribution in [0.4, 0.5) is 5.69 Å². The van der Waals surface area contributed by atoms with Crippen molar-refractivity contribution in [2.75, 3.05) is 13.2 Å². The van der Waals surface area contributed by atoms with Gasteiger partial charge in [0.05, 0.1) is 30.6 Å². The molecule has 5 rings (SSSR count). The van der Waals surface area contributed by atoms with Crippen LogP contribution in [0.5, 0.6) is 5.75 Å². The topological polar surface area (TPSA) is 95.2 Å².